The fourth-order valence-corrected chi connectivity index (χ4v) is 1.71. The number of hydrogen-bond acceptors (Lipinski definition) is 1. The lowest BCUT2D eigenvalue weighted by Crippen LogP contribution is -1.90. The summed E-state index contributed by atoms with van der Waals surface area (Å²) in [6, 6.07) is 5.98. The van der Waals surface area contributed by atoms with Gasteiger partial charge in [-0.2, -0.15) is 0 Å². The minimum atomic E-state index is 0.698. The van der Waals surface area contributed by atoms with Gasteiger partial charge in [0.1, 0.15) is 5.75 Å². The second kappa shape index (κ2) is 5.51. The van der Waals surface area contributed by atoms with Gasteiger partial charge in [0.05, 0.1) is 7.11 Å². The van der Waals surface area contributed by atoms with Gasteiger partial charge in [-0.15, -0.1) is 11.6 Å². The van der Waals surface area contributed by atoms with Gasteiger partial charge in [-0.3, -0.25) is 0 Å². The van der Waals surface area contributed by atoms with E-state index in [0.29, 0.717) is 5.88 Å². The summed E-state index contributed by atoms with van der Waals surface area (Å²) in [7, 11) is 1.68. The Hall–Kier alpha value is -0.210. The highest BCUT2D eigenvalue weighted by Crippen LogP contribution is 2.23. The van der Waals surface area contributed by atoms with E-state index in [-0.39, 0.29) is 0 Å². The molecule has 72 valence electrons. The average molecular weight is 264 g/mol. The Morgan fingerprint density at radius 3 is 2.85 bits per heavy atom. The molecule has 0 aliphatic carbocycles. The molecule has 1 aromatic carbocycles. The smallest absolute Gasteiger partial charge is 0.119 e. The topological polar surface area (TPSA) is 9.23 Å². The lowest BCUT2D eigenvalue weighted by Gasteiger charge is -2.05. The van der Waals surface area contributed by atoms with Crippen LogP contribution in [0, 0.1) is 0 Å². The first kappa shape index (κ1) is 10.9. The first-order valence-electron chi connectivity index (χ1n) is 4.16. The number of hydrogen-bond donors (Lipinski definition) is 0. The molecule has 1 rings (SSSR count). The second-order valence-corrected chi connectivity index (χ2v) is 3.98. The summed E-state index contributed by atoms with van der Waals surface area (Å²) in [5, 5.41) is 0. The van der Waals surface area contributed by atoms with Crippen LogP contribution < -0.4 is 4.74 Å². The van der Waals surface area contributed by atoms with Gasteiger partial charge in [0.2, 0.25) is 0 Å². The standard InChI is InChI=1S/C10H12BrClO/c1-13-9-4-5-10(11)8(7-9)3-2-6-12/h4-5,7H,2-3,6H2,1H3. The fourth-order valence-electron chi connectivity index (χ4n) is 1.13. The molecule has 0 aliphatic heterocycles. The fraction of sp³-hybridized carbons (Fsp3) is 0.400. The van der Waals surface area contributed by atoms with Crippen LogP contribution in [-0.2, 0) is 6.42 Å². The van der Waals surface area contributed by atoms with Crippen molar-refractivity contribution in [3.8, 4) is 5.75 Å². The molecular formula is C10H12BrClO. The van der Waals surface area contributed by atoms with Gasteiger partial charge in [0.15, 0.2) is 0 Å². The number of rotatable bonds is 4. The molecule has 13 heavy (non-hydrogen) atoms. The Labute approximate surface area is 92.2 Å². The van der Waals surface area contributed by atoms with Gasteiger partial charge in [-0.25, -0.2) is 0 Å². The largest absolute Gasteiger partial charge is 0.497 e. The maximum Gasteiger partial charge on any atom is 0.119 e. The molecular weight excluding hydrogens is 251 g/mol. The van der Waals surface area contributed by atoms with E-state index >= 15 is 0 Å². The summed E-state index contributed by atoms with van der Waals surface area (Å²) in [4.78, 5) is 0. The minimum Gasteiger partial charge on any atom is -0.497 e. The summed E-state index contributed by atoms with van der Waals surface area (Å²) in [6.45, 7) is 0. The van der Waals surface area contributed by atoms with Gasteiger partial charge in [-0.1, -0.05) is 15.9 Å². The monoisotopic (exact) mass is 262 g/mol. The average Bonchev–Trinajstić information content (AvgIpc) is 2.17. The predicted octanol–water partition coefficient (Wildman–Crippen LogP) is 3.63. The maximum atomic E-state index is 5.63. The zero-order valence-electron chi connectivity index (χ0n) is 7.52. The summed E-state index contributed by atoms with van der Waals surface area (Å²) in [5.41, 5.74) is 1.25. The third-order valence-electron chi connectivity index (χ3n) is 1.83. The third-order valence-corrected chi connectivity index (χ3v) is 2.87. The number of aryl methyl sites for hydroxylation is 1. The van der Waals surface area contributed by atoms with Crippen LogP contribution in [0.3, 0.4) is 0 Å². The molecule has 0 bridgehead atoms. The molecule has 0 saturated heterocycles. The molecule has 1 nitrogen and oxygen atoms in total. The number of benzene rings is 1. The highest BCUT2D eigenvalue weighted by molar-refractivity contribution is 9.10. The molecule has 0 heterocycles. The van der Waals surface area contributed by atoms with Crippen molar-refractivity contribution in [2.75, 3.05) is 13.0 Å². The minimum absolute atomic E-state index is 0.698. The van der Waals surface area contributed by atoms with Gasteiger partial charge in [0, 0.05) is 10.4 Å². The second-order valence-electron chi connectivity index (χ2n) is 2.75. The van der Waals surface area contributed by atoms with E-state index in [1.807, 2.05) is 18.2 Å². The zero-order chi connectivity index (χ0) is 9.68. The highest BCUT2D eigenvalue weighted by Gasteiger charge is 2.01. The van der Waals surface area contributed by atoms with Crippen LogP contribution in [0.25, 0.3) is 0 Å². The number of halogens is 2. The Bertz CT molecular complexity index is 276. The quantitative estimate of drug-likeness (QED) is 0.754. The van der Waals surface area contributed by atoms with Crippen molar-refractivity contribution in [3.63, 3.8) is 0 Å². The molecule has 0 spiro atoms. The molecule has 0 aliphatic rings. The molecule has 0 radical (unpaired) electrons. The van der Waals surface area contributed by atoms with Crippen LogP contribution in [0.1, 0.15) is 12.0 Å². The summed E-state index contributed by atoms with van der Waals surface area (Å²) >= 11 is 9.12. The lowest BCUT2D eigenvalue weighted by atomic mass is 10.1. The van der Waals surface area contributed by atoms with Crippen molar-refractivity contribution < 1.29 is 4.74 Å². The highest BCUT2D eigenvalue weighted by atomic mass is 79.9. The zero-order valence-corrected chi connectivity index (χ0v) is 9.86. The van der Waals surface area contributed by atoms with Crippen molar-refractivity contribution in [2.45, 2.75) is 12.8 Å². The van der Waals surface area contributed by atoms with Gasteiger partial charge < -0.3 is 4.74 Å². The molecule has 0 atom stereocenters. The molecule has 0 unspecified atom stereocenters. The molecule has 0 amide bonds. The van der Waals surface area contributed by atoms with Crippen LogP contribution in [-0.4, -0.2) is 13.0 Å². The van der Waals surface area contributed by atoms with Crippen molar-refractivity contribution in [2.24, 2.45) is 0 Å². The van der Waals surface area contributed by atoms with Crippen LogP contribution in [0.5, 0.6) is 5.75 Å². The van der Waals surface area contributed by atoms with Gasteiger partial charge >= 0.3 is 0 Å². The Morgan fingerprint density at radius 2 is 2.23 bits per heavy atom. The summed E-state index contributed by atoms with van der Waals surface area (Å²) < 4.78 is 6.26. The van der Waals surface area contributed by atoms with Crippen LogP contribution >= 0.6 is 27.5 Å². The van der Waals surface area contributed by atoms with Crippen LogP contribution in [0.2, 0.25) is 0 Å². The molecule has 0 fully saturated rings. The van der Waals surface area contributed by atoms with Crippen LogP contribution in [0.4, 0.5) is 0 Å². The van der Waals surface area contributed by atoms with Gasteiger partial charge in [0.25, 0.3) is 0 Å². The Morgan fingerprint density at radius 1 is 1.46 bits per heavy atom. The van der Waals surface area contributed by atoms with E-state index in [1.54, 1.807) is 7.11 Å². The predicted molar refractivity (Wildman–Crippen MR) is 59.7 cm³/mol. The van der Waals surface area contributed by atoms with Crippen LogP contribution in [0.15, 0.2) is 22.7 Å². The summed E-state index contributed by atoms with van der Waals surface area (Å²) in [6.07, 6.45) is 1.98. The van der Waals surface area contributed by atoms with Crippen molar-refractivity contribution in [3.05, 3.63) is 28.2 Å². The van der Waals surface area contributed by atoms with E-state index in [9.17, 15) is 0 Å². The molecule has 1 aromatic rings. The van der Waals surface area contributed by atoms with E-state index in [1.165, 1.54) is 5.56 Å². The molecule has 0 aromatic heterocycles. The Balaban J connectivity index is 2.78. The molecule has 3 heteroatoms. The first-order chi connectivity index (χ1) is 6.27. The third kappa shape index (κ3) is 3.20. The van der Waals surface area contributed by atoms with E-state index in [4.69, 9.17) is 16.3 Å². The van der Waals surface area contributed by atoms with Crippen molar-refractivity contribution in [1.82, 2.24) is 0 Å². The normalized spacial score (nSPS) is 10.1. The molecule has 0 saturated carbocycles. The number of alkyl halides is 1. The SMILES string of the molecule is COc1ccc(Br)c(CCCCl)c1. The first-order valence-corrected chi connectivity index (χ1v) is 5.49. The Kier molecular flexibility index (Phi) is 4.60. The number of methoxy groups -OCH3 is 1. The van der Waals surface area contributed by atoms with Crippen molar-refractivity contribution in [1.29, 1.82) is 0 Å². The molecule has 0 N–H and O–H groups in total. The van der Waals surface area contributed by atoms with E-state index in [0.717, 1.165) is 23.1 Å². The van der Waals surface area contributed by atoms with Crippen molar-refractivity contribution >= 4 is 27.5 Å². The number of ether oxygens (including phenoxy) is 1. The van der Waals surface area contributed by atoms with E-state index < -0.39 is 0 Å². The van der Waals surface area contributed by atoms with Gasteiger partial charge in [-0.05, 0) is 36.6 Å². The summed E-state index contributed by atoms with van der Waals surface area (Å²) in [5.74, 6) is 1.59. The lowest BCUT2D eigenvalue weighted by molar-refractivity contribution is 0.414. The maximum absolute atomic E-state index is 5.63. The van der Waals surface area contributed by atoms with E-state index in [2.05, 4.69) is 15.9 Å².